The summed E-state index contributed by atoms with van der Waals surface area (Å²) in [5.41, 5.74) is 2.46. The SMILES string of the molecule is Cc1ccc(S(=O)(=O)n2c(C(=O)CC#N)cc3ccc(-c4ccc(Cl)cn4)cc32)cc1. The molecule has 4 rings (SSSR count). The zero-order chi connectivity index (χ0) is 22.2. The highest BCUT2D eigenvalue weighted by Gasteiger charge is 2.26. The summed E-state index contributed by atoms with van der Waals surface area (Å²) in [6, 6.07) is 18.3. The smallest absolute Gasteiger partial charge is 0.268 e. The van der Waals surface area contributed by atoms with Crippen molar-refractivity contribution in [1.29, 1.82) is 5.26 Å². The van der Waals surface area contributed by atoms with Gasteiger partial charge in [-0.25, -0.2) is 12.4 Å². The first-order valence-electron chi connectivity index (χ1n) is 9.31. The predicted molar refractivity (Wildman–Crippen MR) is 119 cm³/mol. The Balaban J connectivity index is 1.99. The number of pyridine rings is 1. The van der Waals surface area contributed by atoms with E-state index >= 15 is 0 Å². The van der Waals surface area contributed by atoms with Crippen molar-refractivity contribution in [3.05, 3.63) is 83.1 Å². The van der Waals surface area contributed by atoms with Gasteiger partial charge < -0.3 is 0 Å². The van der Waals surface area contributed by atoms with Crippen LogP contribution < -0.4 is 0 Å². The van der Waals surface area contributed by atoms with E-state index in [4.69, 9.17) is 16.9 Å². The lowest BCUT2D eigenvalue weighted by Crippen LogP contribution is -2.18. The molecule has 0 aliphatic carbocycles. The van der Waals surface area contributed by atoms with Gasteiger partial charge in [-0.05, 0) is 43.3 Å². The van der Waals surface area contributed by atoms with Crippen LogP contribution in [0, 0.1) is 18.3 Å². The van der Waals surface area contributed by atoms with Gasteiger partial charge in [0.2, 0.25) is 0 Å². The summed E-state index contributed by atoms with van der Waals surface area (Å²) in [4.78, 5) is 17.0. The minimum atomic E-state index is -4.09. The Morgan fingerprint density at radius 2 is 1.84 bits per heavy atom. The number of nitriles is 1. The molecule has 154 valence electrons. The van der Waals surface area contributed by atoms with Crippen LogP contribution in [0.15, 0.2) is 71.8 Å². The Hall–Kier alpha value is -3.47. The van der Waals surface area contributed by atoms with E-state index in [0.29, 0.717) is 27.2 Å². The molecule has 0 radical (unpaired) electrons. The number of halogens is 1. The van der Waals surface area contributed by atoms with Crippen LogP contribution in [0.25, 0.3) is 22.2 Å². The topological polar surface area (TPSA) is 92.8 Å². The van der Waals surface area contributed by atoms with Crippen molar-refractivity contribution in [2.24, 2.45) is 0 Å². The molecule has 0 aliphatic heterocycles. The third-order valence-corrected chi connectivity index (χ3v) is 6.83. The summed E-state index contributed by atoms with van der Waals surface area (Å²) in [6.07, 6.45) is 1.08. The highest BCUT2D eigenvalue weighted by atomic mass is 35.5. The van der Waals surface area contributed by atoms with Gasteiger partial charge in [0.25, 0.3) is 10.0 Å². The van der Waals surface area contributed by atoms with Gasteiger partial charge >= 0.3 is 0 Å². The molecule has 0 spiro atoms. The minimum absolute atomic E-state index is 0.0524. The number of fused-ring (bicyclic) bond motifs is 1. The zero-order valence-corrected chi connectivity index (χ0v) is 18.0. The molecule has 6 nitrogen and oxygen atoms in total. The normalized spacial score (nSPS) is 11.4. The first-order chi connectivity index (χ1) is 14.8. The molecular formula is C23H16ClN3O3S. The van der Waals surface area contributed by atoms with E-state index in [0.717, 1.165) is 9.54 Å². The number of Topliss-reactive ketones (excluding diaryl/α,β-unsaturated/α-hetero) is 1. The molecule has 0 bridgehead atoms. The lowest BCUT2D eigenvalue weighted by molar-refractivity contribution is 0.0992. The third kappa shape index (κ3) is 3.83. The quantitative estimate of drug-likeness (QED) is 0.400. The molecule has 0 unspecified atom stereocenters. The summed E-state index contributed by atoms with van der Waals surface area (Å²) in [7, 11) is -4.09. The molecule has 0 saturated carbocycles. The van der Waals surface area contributed by atoms with Crippen molar-refractivity contribution >= 4 is 38.3 Å². The molecule has 2 heterocycles. The second kappa shape index (κ2) is 7.99. The highest BCUT2D eigenvalue weighted by Crippen LogP contribution is 2.30. The molecular weight excluding hydrogens is 434 g/mol. The maximum absolute atomic E-state index is 13.5. The maximum Gasteiger partial charge on any atom is 0.268 e. The summed E-state index contributed by atoms with van der Waals surface area (Å²) in [5.74, 6) is -0.569. The van der Waals surface area contributed by atoms with E-state index in [1.54, 1.807) is 48.5 Å². The molecule has 0 fully saturated rings. The number of ketones is 1. The number of nitrogens with zero attached hydrogens (tertiary/aromatic N) is 3. The summed E-state index contributed by atoms with van der Waals surface area (Å²) < 4.78 is 28.1. The zero-order valence-electron chi connectivity index (χ0n) is 16.4. The number of aryl methyl sites for hydroxylation is 1. The van der Waals surface area contributed by atoms with Crippen LogP contribution in [0.4, 0.5) is 0 Å². The number of aromatic nitrogens is 2. The Morgan fingerprint density at radius 1 is 1.10 bits per heavy atom. The van der Waals surface area contributed by atoms with E-state index in [1.165, 1.54) is 24.4 Å². The molecule has 8 heteroatoms. The standard InChI is InChI=1S/C23H16ClN3O3S/c1-15-2-7-19(8-3-15)31(29,30)27-21-12-16(20-9-6-18(24)14-26-20)4-5-17(21)13-22(27)23(28)10-11-25/h2-9,12-14H,10H2,1H3. The second-order valence-electron chi connectivity index (χ2n) is 7.01. The summed E-state index contributed by atoms with van der Waals surface area (Å²) in [5, 5.41) is 10.0. The lowest BCUT2D eigenvalue weighted by Gasteiger charge is -2.12. The molecule has 2 aromatic heterocycles. The molecule has 0 N–H and O–H groups in total. The van der Waals surface area contributed by atoms with Gasteiger partial charge in [0.05, 0.1) is 27.2 Å². The predicted octanol–water partition coefficient (Wildman–Crippen LogP) is 5.00. The first-order valence-corrected chi connectivity index (χ1v) is 11.1. The minimum Gasteiger partial charge on any atom is -0.291 e. The van der Waals surface area contributed by atoms with Crippen molar-refractivity contribution in [2.45, 2.75) is 18.2 Å². The average Bonchev–Trinajstić information content (AvgIpc) is 3.14. The van der Waals surface area contributed by atoms with Crippen LogP contribution in [-0.2, 0) is 10.0 Å². The van der Waals surface area contributed by atoms with Gasteiger partial charge in [-0.2, -0.15) is 5.26 Å². The number of hydrogen-bond donors (Lipinski definition) is 0. The molecule has 0 atom stereocenters. The molecule has 0 amide bonds. The van der Waals surface area contributed by atoms with Crippen LogP contribution in [0.5, 0.6) is 0 Å². The fraction of sp³-hybridized carbons (Fsp3) is 0.0870. The molecule has 31 heavy (non-hydrogen) atoms. The Labute approximate surface area is 184 Å². The fourth-order valence-electron chi connectivity index (χ4n) is 3.31. The van der Waals surface area contributed by atoms with Gasteiger partial charge in [-0.3, -0.25) is 9.78 Å². The van der Waals surface area contributed by atoms with Crippen LogP contribution in [0.3, 0.4) is 0 Å². The molecule has 4 aromatic rings. The van der Waals surface area contributed by atoms with Crippen molar-refractivity contribution in [3.8, 4) is 17.3 Å². The van der Waals surface area contributed by atoms with Gasteiger partial charge in [0.15, 0.2) is 5.78 Å². The van der Waals surface area contributed by atoms with Crippen molar-refractivity contribution in [2.75, 3.05) is 0 Å². The number of rotatable bonds is 5. The van der Waals surface area contributed by atoms with Crippen LogP contribution in [-0.4, -0.2) is 23.2 Å². The van der Waals surface area contributed by atoms with Gasteiger partial charge in [0.1, 0.15) is 12.1 Å². The Kier molecular flexibility index (Phi) is 5.36. The van der Waals surface area contributed by atoms with Crippen LogP contribution >= 0.6 is 11.6 Å². The van der Waals surface area contributed by atoms with Crippen LogP contribution in [0.1, 0.15) is 22.5 Å². The number of carbonyl (C=O) groups is 1. The second-order valence-corrected chi connectivity index (χ2v) is 9.23. The van der Waals surface area contributed by atoms with E-state index < -0.39 is 22.2 Å². The van der Waals surface area contributed by atoms with E-state index in [-0.39, 0.29) is 10.6 Å². The van der Waals surface area contributed by atoms with E-state index in [2.05, 4.69) is 4.98 Å². The van der Waals surface area contributed by atoms with E-state index in [1.807, 2.05) is 6.92 Å². The van der Waals surface area contributed by atoms with Gasteiger partial charge in [-0.15, -0.1) is 0 Å². The highest BCUT2D eigenvalue weighted by molar-refractivity contribution is 7.90. The Morgan fingerprint density at radius 3 is 2.48 bits per heavy atom. The third-order valence-electron chi connectivity index (χ3n) is 4.87. The maximum atomic E-state index is 13.5. The average molecular weight is 450 g/mol. The van der Waals surface area contributed by atoms with Gasteiger partial charge in [-0.1, -0.05) is 41.4 Å². The van der Waals surface area contributed by atoms with Gasteiger partial charge in [0, 0.05) is 17.1 Å². The first kappa shape index (κ1) is 20.8. The Bertz CT molecular complexity index is 1450. The number of hydrogen-bond acceptors (Lipinski definition) is 5. The van der Waals surface area contributed by atoms with Crippen molar-refractivity contribution in [3.63, 3.8) is 0 Å². The monoisotopic (exact) mass is 449 g/mol. The largest absolute Gasteiger partial charge is 0.291 e. The lowest BCUT2D eigenvalue weighted by atomic mass is 10.1. The fourth-order valence-corrected chi connectivity index (χ4v) is 4.95. The van der Waals surface area contributed by atoms with E-state index in [9.17, 15) is 13.2 Å². The number of carbonyl (C=O) groups excluding carboxylic acids is 1. The summed E-state index contributed by atoms with van der Waals surface area (Å²) >= 11 is 5.92. The molecule has 2 aromatic carbocycles. The molecule has 0 aliphatic rings. The van der Waals surface area contributed by atoms with Crippen LogP contribution in [0.2, 0.25) is 5.02 Å². The number of benzene rings is 2. The summed E-state index contributed by atoms with van der Waals surface area (Å²) in [6.45, 7) is 1.86. The van der Waals surface area contributed by atoms with Crippen molar-refractivity contribution in [1.82, 2.24) is 8.96 Å². The van der Waals surface area contributed by atoms with Crippen molar-refractivity contribution < 1.29 is 13.2 Å². The molecule has 0 saturated heterocycles.